The molecule has 0 amide bonds. The zero-order chi connectivity index (χ0) is 10.6. The van der Waals surface area contributed by atoms with Crippen molar-refractivity contribution in [2.24, 2.45) is 0 Å². The molecule has 4 nitrogen and oxygen atoms in total. The van der Waals surface area contributed by atoms with Gasteiger partial charge in [-0.3, -0.25) is 4.79 Å². The summed E-state index contributed by atoms with van der Waals surface area (Å²) in [5.74, 6) is -0.230. The second-order valence-electron chi connectivity index (χ2n) is 3.01. The molecule has 84 valence electrons. The van der Waals surface area contributed by atoms with E-state index in [0.717, 1.165) is 19.6 Å². The van der Waals surface area contributed by atoms with Crippen LogP contribution in [0.5, 0.6) is 0 Å². The molecule has 0 aromatic heterocycles. The molecule has 1 fully saturated rings. The minimum absolute atomic E-state index is 0.230. The smallest absolute Gasteiger partial charge is 0.302 e. The summed E-state index contributed by atoms with van der Waals surface area (Å²) in [4.78, 5) is 10.1. The summed E-state index contributed by atoms with van der Waals surface area (Å²) in [6.07, 6.45) is 3.33. The normalized spacial score (nSPS) is 14.4. The van der Waals surface area contributed by atoms with Gasteiger partial charge in [0.15, 0.2) is 0 Å². The van der Waals surface area contributed by atoms with Crippen LogP contribution in [0.2, 0.25) is 0 Å². The molecule has 4 heteroatoms. The Hall–Kier alpha value is -0.610. The van der Waals surface area contributed by atoms with Gasteiger partial charge in [-0.15, -0.1) is 0 Å². The number of hydrogen-bond donors (Lipinski definition) is 0. The first-order valence-electron chi connectivity index (χ1n) is 4.97. The Bertz CT molecular complexity index is 124. The number of rotatable bonds is 4. The molecule has 0 aliphatic carbocycles. The number of esters is 1. The predicted molar refractivity (Wildman–Crippen MR) is 53.2 cm³/mol. The minimum atomic E-state index is -0.230. The van der Waals surface area contributed by atoms with E-state index < -0.39 is 0 Å². The Morgan fingerprint density at radius 3 is 2.29 bits per heavy atom. The van der Waals surface area contributed by atoms with Crippen LogP contribution in [0, 0.1) is 0 Å². The van der Waals surface area contributed by atoms with Crippen LogP contribution in [0.3, 0.4) is 0 Å². The second kappa shape index (κ2) is 10.5. The molecule has 0 saturated carbocycles. The zero-order valence-corrected chi connectivity index (χ0v) is 9.08. The Kier molecular flexibility index (Phi) is 10.0. The average Bonchev–Trinajstić information content (AvgIpc) is 2.70. The second-order valence-corrected chi connectivity index (χ2v) is 3.01. The van der Waals surface area contributed by atoms with Crippen molar-refractivity contribution in [1.29, 1.82) is 0 Å². The van der Waals surface area contributed by atoms with E-state index in [0.29, 0.717) is 13.2 Å². The molecular weight excluding hydrogens is 184 g/mol. The van der Waals surface area contributed by atoms with Gasteiger partial charge in [0.2, 0.25) is 0 Å². The van der Waals surface area contributed by atoms with E-state index in [-0.39, 0.29) is 5.97 Å². The molecule has 0 spiro atoms. The maximum absolute atomic E-state index is 10.1. The molecular formula is C10H20O4. The third kappa shape index (κ3) is 11.4. The van der Waals surface area contributed by atoms with Gasteiger partial charge in [-0.2, -0.15) is 0 Å². The lowest BCUT2D eigenvalue weighted by Crippen LogP contribution is -2.02. The first-order valence-corrected chi connectivity index (χ1v) is 4.97. The minimum Gasteiger partial charge on any atom is -0.466 e. The Labute approximate surface area is 85.5 Å². The fourth-order valence-electron chi connectivity index (χ4n) is 0.929. The number of carbonyl (C=O) groups is 1. The van der Waals surface area contributed by atoms with Crippen LogP contribution in [-0.2, 0) is 19.0 Å². The van der Waals surface area contributed by atoms with Gasteiger partial charge in [0.05, 0.1) is 6.61 Å². The van der Waals surface area contributed by atoms with Crippen molar-refractivity contribution in [3.8, 4) is 0 Å². The largest absolute Gasteiger partial charge is 0.466 e. The highest BCUT2D eigenvalue weighted by Crippen LogP contribution is 1.98. The van der Waals surface area contributed by atoms with Crippen LogP contribution in [0.25, 0.3) is 0 Å². The number of ether oxygens (including phenoxy) is 3. The molecule has 0 aromatic carbocycles. The first-order chi connectivity index (χ1) is 6.77. The average molecular weight is 204 g/mol. The summed E-state index contributed by atoms with van der Waals surface area (Å²) >= 11 is 0. The van der Waals surface area contributed by atoms with Gasteiger partial charge in [0.25, 0.3) is 0 Å². The highest BCUT2D eigenvalue weighted by molar-refractivity contribution is 5.65. The van der Waals surface area contributed by atoms with E-state index in [9.17, 15) is 4.79 Å². The van der Waals surface area contributed by atoms with Crippen molar-refractivity contribution < 1.29 is 19.0 Å². The molecule has 1 heterocycles. The van der Waals surface area contributed by atoms with Crippen LogP contribution in [-0.4, -0.2) is 39.5 Å². The van der Waals surface area contributed by atoms with Crippen LogP contribution < -0.4 is 0 Å². The summed E-state index contributed by atoms with van der Waals surface area (Å²) in [6.45, 7) is 4.50. The van der Waals surface area contributed by atoms with Crippen molar-refractivity contribution in [3.63, 3.8) is 0 Å². The Balaban J connectivity index is 0.000000280. The third-order valence-electron chi connectivity index (χ3n) is 1.63. The lowest BCUT2D eigenvalue weighted by atomic mass is 10.4. The van der Waals surface area contributed by atoms with Crippen molar-refractivity contribution in [3.05, 3.63) is 0 Å². The number of carbonyl (C=O) groups excluding carboxylic acids is 1. The number of methoxy groups -OCH3 is 1. The topological polar surface area (TPSA) is 44.8 Å². The third-order valence-corrected chi connectivity index (χ3v) is 1.63. The quantitative estimate of drug-likeness (QED) is 0.512. The monoisotopic (exact) mass is 204 g/mol. The standard InChI is InChI=1S/C6H12O3.C4H8O/c1-6(7)9-5-3-4-8-2;1-2-4-5-3-1/h3-5H2,1-2H3;1-4H2. The zero-order valence-electron chi connectivity index (χ0n) is 9.08. The van der Waals surface area contributed by atoms with Gasteiger partial charge < -0.3 is 14.2 Å². The van der Waals surface area contributed by atoms with Gasteiger partial charge in [-0.1, -0.05) is 0 Å². The van der Waals surface area contributed by atoms with Crippen molar-refractivity contribution in [1.82, 2.24) is 0 Å². The van der Waals surface area contributed by atoms with E-state index in [2.05, 4.69) is 4.74 Å². The highest BCUT2D eigenvalue weighted by Gasteiger charge is 1.94. The van der Waals surface area contributed by atoms with E-state index in [1.807, 2.05) is 0 Å². The molecule has 0 bridgehead atoms. The lowest BCUT2D eigenvalue weighted by Gasteiger charge is -1.98. The molecule has 0 radical (unpaired) electrons. The van der Waals surface area contributed by atoms with Crippen molar-refractivity contribution in [2.45, 2.75) is 26.2 Å². The van der Waals surface area contributed by atoms with Gasteiger partial charge in [0.1, 0.15) is 0 Å². The Morgan fingerprint density at radius 1 is 1.29 bits per heavy atom. The van der Waals surface area contributed by atoms with Crippen LogP contribution in [0.1, 0.15) is 26.2 Å². The van der Waals surface area contributed by atoms with Crippen LogP contribution in [0.15, 0.2) is 0 Å². The van der Waals surface area contributed by atoms with E-state index >= 15 is 0 Å². The van der Waals surface area contributed by atoms with Crippen LogP contribution >= 0.6 is 0 Å². The maximum atomic E-state index is 10.1. The van der Waals surface area contributed by atoms with Gasteiger partial charge >= 0.3 is 5.97 Å². The molecule has 0 atom stereocenters. The lowest BCUT2D eigenvalue weighted by molar-refractivity contribution is -0.141. The van der Waals surface area contributed by atoms with Gasteiger partial charge in [0, 0.05) is 40.3 Å². The molecule has 0 N–H and O–H groups in total. The number of hydrogen-bond acceptors (Lipinski definition) is 4. The van der Waals surface area contributed by atoms with E-state index in [1.165, 1.54) is 19.8 Å². The first kappa shape index (κ1) is 13.4. The van der Waals surface area contributed by atoms with E-state index in [4.69, 9.17) is 9.47 Å². The van der Waals surface area contributed by atoms with Crippen LogP contribution in [0.4, 0.5) is 0 Å². The maximum Gasteiger partial charge on any atom is 0.302 e. The summed E-state index contributed by atoms with van der Waals surface area (Å²) in [5, 5.41) is 0. The molecule has 1 rings (SSSR count). The molecule has 1 aliphatic rings. The predicted octanol–water partition coefficient (Wildman–Crippen LogP) is 1.38. The molecule has 0 aromatic rings. The summed E-state index contributed by atoms with van der Waals surface area (Å²) in [5.41, 5.74) is 0. The van der Waals surface area contributed by atoms with Gasteiger partial charge in [-0.05, 0) is 12.8 Å². The SMILES string of the molecule is C1CCOC1.COCCCOC(C)=O. The summed E-state index contributed by atoms with van der Waals surface area (Å²) < 4.78 is 14.3. The van der Waals surface area contributed by atoms with Gasteiger partial charge in [-0.25, -0.2) is 0 Å². The fourth-order valence-corrected chi connectivity index (χ4v) is 0.929. The molecule has 14 heavy (non-hydrogen) atoms. The molecule has 1 aliphatic heterocycles. The molecule has 1 saturated heterocycles. The van der Waals surface area contributed by atoms with Crippen molar-refractivity contribution in [2.75, 3.05) is 33.5 Å². The van der Waals surface area contributed by atoms with E-state index in [1.54, 1.807) is 7.11 Å². The summed E-state index contributed by atoms with van der Waals surface area (Å²) in [6, 6.07) is 0. The summed E-state index contributed by atoms with van der Waals surface area (Å²) in [7, 11) is 1.62. The fraction of sp³-hybridized carbons (Fsp3) is 0.900. The highest BCUT2D eigenvalue weighted by atomic mass is 16.5. The van der Waals surface area contributed by atoms with Crippen molar-refractivity contribution >= 4 is 5.97 Å². The molecule has 0 unspecified atom stereocenters. The Morgan fingerprint density at radius 2 is 1.93 bits per heavy atom.